The lowest BCUT2D eigenvalue weighted by molar-refractivity contribution is 0.0690. The fourth-order valence-electron chi connectivity index (χ4n) is 2.34. The Morgan fingerprint density at radius 3 is 2.62 bits per heavy atom. The van der Waals surface area contributed by atoms with Gasteiger partial charge in [0.1, 0.15) is 29.5 Å². The Kier molecular flexibility index (Phi) is 4.04. The molecule has 1 N–H and O–H groups in total. The van der Waals surface area contributed by atoms with Crippen LogP contribution in [0.15, 0.2) is 54.7 Å². The van der Waals surface area contributed by atoms with Crippen LogP contribution in [0.5, 0.6) is 5.75 Å². The smallest absolute Gasteiger partial charge is 0.355 e. The third kappa shape index (κ3) is 2.99. The molecule has 122 valence electrons. The number of imidazole rings is 1. The summed E-state index contributed by atoms with van der Waals surface area (Å²) in [6.45, 7) is 6.04. The van der Waals surface area contributed by atoms with Gasteiger partial charge < -0.3 is 9.84 Å². The lowest BCUT2D eigenvalue weighted by atomic mass is 10.1. The molecule has 3 aromatic rings. The SMILES string of the molecule is C=C(C)COc1ccc(-c2nc3ccc(F)cn3c2C(=O)O)cc1. The van der Waals surface area contributed by atoms with E-state index in [1.807, 2.05) is 6.92 Å². The Labute approximate surface area is 137 Å². The summed E-state index contributed by atoms with van der Waals surface area (Å²) in [5.41, 5.74) is 2.07. The van der Waals surface area contributed by atoms with E-state index in [4.69, 9.17) is 4.74 Å². The monoisotopic (exact) mass is 326 g/mol. The van der Waals surface area contributed by atoms with Crippen LogP contribution in [-0.4, -0.2) is 27.1 Å². The summed E-state index contributed by atoms with van der Waals surface area (Å²) in [7, 11) is 0. The van der Waals surface area contributed by atoms with Crippen molar-refractivity contribution in [1.82, 2.24) is 9.38 Å². The lowest BCUT2D eigenvalue weighted by Gasteiger charge is -2.06. The fraction of sp³-hybridized carbons (Fsp3) is 0.111. The van der Waals surface area contributed by atoms with Gasteiger partial charge in [0.25, 0.3) is 0 Å². The first-order valence-corrected chi connectivity index (χ1v) is 7.24. The number of carboxylic acids is 1. The van der Waals surface area contributed by atoms with Gasteiger partial charge in [0.2, 0.25) is 0 Å². The molecule has 0 saturated carbocycles. The second kappa shape index (κ2) is 6.16. The first-order valence-electron chi connectivity index (χ1n) is 7.24. The molecule has 0 unspecified atom stereocenters. The molecule has 0 saturated heterocycles. The third-order valence-corrected chi connectivity index (χ3v) is 3.40. The van der Waals surface area contributed by atoms with E-state index in [9.17, 15) is 14.3 Å². The second-order valence-corrected chi connectivity index (χ2v) is 5.46. The zero-order valence-corrected chi connectivity index (χ0v) is 13.0. The number of benzene rings is 1. The fourth-order valence-corrected chi connectivity index (χ4v) is 2.34. The van der Waals surface area contributed by atoms with E-state index in [0.717, 1.165) is 11.8 Å². The molecule has 2 aromatic heterocycles. The summed E-state index contributed by atoms with van der Waals surface area (Å²) in [5, 5.41) is 9.49. The average molecular weight is 326 g/mol. The number of pyridine rings is 1. The van der Waals surface area contributed by atoms with Crippen LogP contribution in [0, 0.1) is 5.82 Å². The van der Waals surface area contributed by atoms with Crippen molar-refractivity contribution in [2.75, 3.05) is 6.61 Å². The maximum atomic E-state index is 13.4. The normalized spacial score (nSPS) is 10.8. The van der Waals surface area contributed by atoms with Crippen molar-refractivity contribution in [2.24, 2.45) is 0 Å². The molecular formula is C18H15FN2O3. The second-order valence-electron chi connectivity index (χ2n) is 5.46. The quantitative estimate of drug-likeness (QED) is 0.725. The number of carboxylic acid groups (broad SMARTS) is 1. The van der Waals surface area contributed by atoms with Crippen molar-refractivity contribution >= 4 is 11.6 Å². The summed E-state index contributed by atoms with van der Waals surface area (Å²) in [4.78, 5) is 15.9. The summed E-state index contributed by atoms with van der Waals surface area (Å²) in [6.07, 6.45) is 1.11. The molecule has 0 aliphatic carbocycles. The molecule has 0 aliphatic heterocycles. The predicted molar refractivity (Wildman–Crippen MR) is 87.9 cm³/mol. The van der Waals surface area contributed by atoms with Gasteiger partial charge in [0.05, 0.1) is 0 Å². The molecule has 24 heavy (non-hydrogen) atoms. The van der Waals surface area contributed by atoms with Crippen molar-refractivity contribution in [3.8, 4) is 17.0 Å². The maximum Gasteiger partial charge on any atom is 0.355 e. The minimum atomic E-state index is -1.18. The van der Waals surface area contributed by atoms with Gasteiger partial charge in [-0.2, -0.15) is 0 Å². The predicted octanol–water partition coefficient (Wildman–Crippen LogP) is 3.79. The van der Waals surface area contributed by atoms with Crippen LogP contribution in [-0.2, 0) is 0 Å². The molecule has 0 bridgehead atoms. The number of ether oxygens (including phenoxy) is 1. The van der Waals surface area contributed by atoms with Crippen molar-refractivity contribution < 1.29 is 19.0 Å². The van der Waals surface area contributed by atoms with Gasteiger partial charge in [-0.1, -0.05) is 6.58 Å². The highest BCUT2D eigenvalue weighted by molar-refractivity contribution is 5.94. The molecule has 3 rings (SSSR count). The summed E-state index contributed by atoms with van der Waals surface area (Å²) in [6, 6.07) is 9.58. The number of aromatic nitrogens is 2. The largest absolute Gasteiger partial charge is 0.489 e. The molecule has 2 heterocycles. The zero-order chi connectivity index (χ0) is 17.3. The molecular weight excluding hydrogens is 311 g/mol. The molecule has 0 spiro atoms. The van der Waals surface area contributed by atoms with Crippen LogP contribution in [0.25, 0.3) is 16.9 Å². The van der Waals surface area contributed by atoms with Gasteiger partial charge in [0, 0.05) is 11.8 Å². The Morgan fingerprint density at radius 2 is 2.00 bits per heavy atom. The summed E-state index contributed by atoms with van der Waals surface area (Å²) in [5.74, 6) is -1.06. The number of halogens is 1. The molecule has 0 amide bonds. The van der Waals surface area contributed by atoms with E-state index < -0.39 is 11.8 Å². The first-order chi connectivity index (χ1) is 11.5. The van der Waals surface area contributed by atoms with Crippen LogP contribution in [0.1, 0.15) is 17.4 Å². The molecule has 5 nitrogen and oxygen atoms in total. The highest BCUT2D eigenvalue weighted by Crippen LogP contribution is 2.27. The molecule has 0 aliphatic rings. The van der Waals surface area contributed by atoms with Gasteiger partial charge in [-0.25, -0.2) is 14.2 Å². The third-order valence-electron chi connectivity index (χ3n) is 3.40. The number of rotatable bonds is 5. The van der Waals surface area contributed by atoms with Gasteiger partial charge in [-0.05, 0) is 48.9 Å². The Balaban J connectivity index is 2.04. The molecule has 1 aromatic carbocycles. The molecule has 0 fully saturated rings. The lowest BCUT2D eigenvalue weighted by Crippen LogP contribution is -2.04. The van der Waals surface area contributed by atoms with Crippen LogP contribution >= 0.6 is 0 Å². The van der Waals surface area contributed by atoms with Crippen LogP contribution in [0.2, 0.25) is 0 Å². The Hall–Kier alpha value is -3.15. The highest BCUT2D eigenvalue weighted by Gasteiger charge is 2.20. The molecule has 0 radical (unpaired) electrons. The number of nitrogens with zero attached hydrogens (tertiary/aromatic N) is 2. The van der Waals surface area contributed by atoms with E-state index in [1.54, 1.807) is 24.3 Å². The van der Waals surface area contributed by atoms with Gasteiger partial charge >= 0.3 is 5.97 Å². The number of carbonyl (C=O) groups is 1. The maximum absolute atomic E-state index is 13.4. The molecule has 0 atom stereocenters. The number of hydrogen-bond acceptors (Lipinski definition) is 3. The number of hydrogen-bond donors (Lipinski definition) is 1. The van der Waals surface area contributed by atoms with E-state index in [1.165, 1.54) is 16.5 Å². The summed E-state index contributed by atoms with van der Waals surface area (Å²) >= 11 is 0. The average Bonchev–Trinajstić information content (AvgIpc) is 2.92. The zero-order valence-electron chi connectivity index (χ0n) is 13.0. The van der Waals surface area contributed by atoms with E-state index in [-0.39, 0.29) is 11.4 Å². The van der Waals surface area contributed by atoms with Gasteiger partial charge in [0.15, 0.2) is 5.69 Å². The highest BCUT2D eigenvalue weighted by atomic mass is 19.1. The standard InChI is InChI=1S/C18H15FN2O3/c1-11(2)10-24-14-6-3-12(4-7-14)16-17(18(22)23)21-9-13(19)5-8-15(21)20-16/h3-9H,1,10H2,2H3,(H,22,23). The van der Waals surface area contributed by atoms with Crippen LogP contribution in [0.4, 0.5) is 4.39 Å². The molecule has 6 heteroatoms. The van der Waals surface area contributed by atoms with E-state index in [2.05, 4.69) is 11.6 Å². The Morgan fingerprint density at radius 1 is 1.29 bits per heavy atom. The van der Waals surface area contributed by atoms with Gasteiger partial charge in [-0.3, -0.25) is 4.40 Å². The minimum Gasteiger partial charge on any atom is -0.489 e. The summed E-state index contributed by atoms with van der Waals surface area (Å²) < 4.78 is 20.2. The van der Waals surface area contributed by atoms with Crippen molar-refractivity contribution in [2.45, 2.75) is 6.92 Å². The van der Waals surface area contributed by atoms with Crippen molar-refractivity contribution in [1.29, 1.82) is 0 Å². The van der Waals surface area contributed by atoms with E-state index >= 15 is 0 Å². The Bertz CT molecular complexity index is 929. The topological polar surface area (TPSA) is 63.8 Å². The minimum absolute atomic E-state index is 0.0832. The first kappa shape index (κ1) is 15.7. The van der Waals surface area contributed by atoms with E-state index in [0.29, 0.717) is 23.6 Å². The number of aromatic carboxylic acids is 1. The van der Waals surface area contributed by atoms with Crippen LogP contribution in [0.3, 0.4) is 0 Å². The van der Waals surface area contributed by atoms with Crippen molar-refractivity contribution in [3.63, 3.8) is 0 Å². The van der Waals surface area contributed by atoms with Gasteiger partial charge in [-0.15, -0.1) is 0 Å². The number of fused-ring (bicyclic) bond motifs is 1. The van der Waals surface area contributed by atoms with Crippen molar-refractivity contribution in [3.05, 3.63) is 66.3 Å². The van der Waals surface area contributed by atoms with Crippen LogP contribution < -0.4 is 4.74 Å².